The molecule has 1 aliphatic heterocycles. The third-order valence-corrected chi connectivity index (χ3v) is 4.42. The van der Waals surface area contributed by atoms with E-state index in [2.05, 4.69) is 5.32 Å². The number of benzene rings is 1. The molecule has 0 unspecified atom stereocenters. The fourth-order valence-corrected chi connectivity index (χ4v) is 2.77. The summed E-state index contributed by atoms with van der Waals surface area (Å²) in [7, 11) is 0. The van der Waals surface area contributed by atoms with Gasteiger partial charge in [-0.05, 0) is 39.2 Å². The molecule has 1 saturated heterocycles. The fourth-order valence-electron chi connectivity index (χ4n) is 2.77. The Morgan fingerprint density at radius 1 is 1.22 bits per heavy atom. The highest BCUT2D eigenvalue weighted by atomic mass is 16.6. The molecule has 0 aromatic heterocycles. The van der Waals surface area contributed by atoms with E-state index in [9.17, 15) is 9.59 Å². The van der Waals surface area contributed by atoms with E-state index in [1.54, 1.807) is 11.8 Å². The zero-order chi connectivity index (χ0) is 16.9. The Morgan fingerprint density at radius 3 is 2.39 bits per heavy atom. The van der Waals surface area contributed by atoms with E-state index in [4.69, 9.17) is 4.74 Å². The molecule has 0 bridgehead atoms. The van der Waals surface area contributed by atoms with Gasteiger partial charge in [-0.25, -0.2) is 4.79 Å². The standard InChI is InChI=1S/C18H26N2O3/c1-4-23-17(22)20-12-10-15(11-13-20)19-16(21)18(2,3)14-8-6-5-7-9-14/h5-9,15H,4,10-13H2,1-3H3,(H,19,21). The van der Waals surface area contributed by atoms with Crippen LogP contribution in [0, 0.1) is 0 Å². The molecule has 0 radical (unpaired) electrons. The maximum absolute atomic E-state index is 12.6. The number of likely N-dealkylation sites (tertiary alicyclic amines) is 1. The van der Waals surface area contributed by atoms with Crippen LogP contribution in [0.15, 0.2) is 30.3 Å². The SMILES string of the molecule is CCOC(=O)N1CCC(NC(=O)C(C)(C)c2ccccc2)CC1. The topological polar surface area (TPSA) is 58.6 Å². The summed E-state index contributed by atoms with van der Waals surface area (Å²) >= 11 is 0. The predicted molar refractivity (Wildman–Crippen MR) is 89.2 cm³/mol. The van der Waals surface area contributed by atoms with E-state index in [0.717, 1.165) is 18.4 Å². The van der Waals surface area contributed by atoms with Crippen molar-refractivity contribution in [1.29, 1.82) is 0 Å². The van der Waals surface area contributed by atoms with E-state index in [-0.39, 0.29) is 18.0 Å². The lowest BCUT2D eigenvalue weighted by Crippen LogP contribution is -2.50. The Bertz CT molecular complexity index is 534. The Morgan fingerprint density at radius 2 is 1.83 bits per heavy atom. The van der Waals surface area contributed by atoms with Gasteiger partial charge in [-0.2, -0.15) is 0 Å². The van der Waals surface area contributed by atoms with Crippen LogP contribution < -0.4 is 5.32 Å². The first-order valence-corrected chi connectivity index (χ1v) is 8.23. The smallest absolute Gasteiger partial charge is 0.409 e. The fraction of sp³-hybridized carbons (Fsp3) is 0.556. The van der Waals surface area contributed by atoms with Gasteiger partial charge in [-0.1, -0.05) is 30.3 Å². The van der Waals surface area contributed by atoms with Crippen LogP contribution in [0.1, 0.15) is 39.2 Å². The lowest BCUT2D eigenvalue weighted by atomic mass is 9.83. The molecule has 23 heavy (non-hydrogen) atoms. The van der Waals surface area contributed by atoms with Crippen LogP contribution in [0.25, 0.3) is 0 Å². The minimum atomic E-state index is -0.570. The zero-order valence-electron chi connectivity index (χ0n) is 14.2. The minimum absolute atomic E-state index is 0.0262. The van der Waals surface area contributed by atoms with Crippen LogP contribution in [-0.4, -0.2) is 42.6 Å². The number of nitrogens with zero attached hydrogens (tertiary/aromatic N) is 1. The second-order valence-electron chi connectivity index (χ2n) is 6.42. The van der Waals surface area contributed by atoms with Crippen molar-refractivity contribution in [1.82, 2.24) is 10.2 Å². The molecule has 1 aromatic carbocycles. The van der Waals surface area contributed by atoms with Crippen LogP contribution in [-0.2, 0) is 14.9 Å². The molecular weight excluding hydrogens is 292 g/mol. The molecule has 2 rings (SSSR count). The van der Waals surface area contributed by atoms with Gasteiger partial charge in [-0.3, -0.25) is 4.79 Å². The molecule has 5 nitrogen and oxygen atoms in total. The predicted octanol–water partition coefficient (Wildman–Crippen LogP) is 2.70. The zero-order valence-corrected chi connectivity index (χ0v) is 14.2. The molecule has 2 amide bonds. The molecule has 126 valence electrons. The Balaban J connectivity index is 1.89. The molecule has 1 heterocycles. The van der Waals surface area contributed by atoms with E-state index < -0.39 is 5.41 Å². The van der Waals surface area contributed by atoms with Crippen LogP contribution in [0.5, 0.6) is 0 Å². The number of amides is 2. The first-order valence-electron chi connectivity index (χ1n) is 8.23. The van der Waals surface area contributed by atoms with Gasteiger partial charge < -0.3 is 15.0 Å². The number of rotatable bonds is 4. The summed E-state index contributed by atoms with van der Waals surface area (Å²) in [6, 6.07) is 9.90. The van der Waals surface area contributed by atoms with Crippen molar-refractivity contribution in [3.8, 4) is 0 Å². The highest BCUT2D eigenvalue weighted by molar-refractivity contribution is 5.87. The van der Waals surface area contributed by atoms with E-state index in [1.807, 2.05) is 44.2 Å². The van der Waals surface area contributed by atoms with Gasteiger partial charge in [-0.15, -0.1) is 0 Å². The number of piperidine rings is 1. The summed E-state index contributed by atoms with van der Waals surface area (Å²) < 4.78 is 5.01. The van der Waals surface area contributed by atoms with E-state index in [0.29, 0.717) is 19.7 Å². The van der Waals surface area contributed by atoms with Crippen LogP contribution in [0.4, 0.5) is 4.79 Å². The molecule has 1 aromatic rings. The third-order valence-electron chi connectivity index (χ3n) is 4.42. The quantitative estimate of drug-likeness (QED) is 0.928. The summed E-state index contributed by atoms with van der Waals surface area (Å²) in [6.45, 7) is 7.30. The van der Waals surface area contributed by atoms with Crippen molar-refractivity contribution in [2.24, 2.45) is 0 Å². The van der Waals surface area contributed by atoms with Gasteiger partial charge in [0.1, 0.15) is 0 Å². The third kappa shape index (κ3) is 4.24. The number of hydrogen-bond acceptors (Lipinski definition) is 3. The van der Waals surface area contributed by atoms with Gasteiger partial charge in [0.2, 0.25) is 5.91 Å². The van der Waals surface area contributed by atoms with Gasteiger partial charge in [0.05, 0.1) is 12.0 Å². The van der Waals surface area contributed by atoms with E-state index in [1.165, 1.54) is 0 Å². The van der Waals surface area contributed by atoms with Crippen LogP contribution >= 0.6 is 0 Å². The van der Waals surface area contributed by atoms with E-state index >= 15 is 0 Å². The summed E-state index contributed by atoms with van der Waals surface area (Å²) in [5.41, 5.74) is 0.431. The first-order chi connectivity index (χ1) is 10.9. The lowest BCUT2D eigenvalue weighted by molar-refractivity contribution is -0.126. The maximum Gasteiger partial charge on any atom is 0.409 e. The van der Waals surface area contributed by atoms with Crippen molar-refractivity contribution in [3.05, 3.63) is 35.9 Å². The average molecular weight is 318 g/mol. The second kappa shape index (κ2) is 7.49. The summed E-state index contributed by atoms with van der Waals surface area (Å²) in [6.07, 6.45) is 1.26. The molecule has 0 spiro atoms. The molecule has 5 heteroatoms. The molecule has 0 aliphatic carbocycles. The van der Waals surface area contributed by atoms with Gasteiger partial charge in [0, 0.05) is 19.1 Å². The highest BCUT2D eigenvalue weighted by Gasteiger charge is 2.32. The molecular formula is C18H26N2O3. The largest absolute Gasteiger partial charge is 0.450 e. The van der Waals surface area contributed by atoms with Crippen LogP contribution in [0.3, 0.4) is 0 Å². The molecule has 1 fully saturated rings. The van der Waals surface area contributed by atoms with Gasteiger partial charge in [0.15, 0.2) is 0 Å². The van der Waals surface area contributed by atoms with Crippen LogP contribution in [0.2, 0.25) is 0 Å². The van der Waals surface area contributed by atoms with Crippen molar-refractivity contribution >= 4 is 12.0 Å². The second-order valence-corrected chi connectivity index (χ2v) is 6.42. The monoisotopic (exact) mass is 318 g/mol. The number of nitrogens with one attached hydrogen (secondary N) is 1. The van der Waals surface area contributed by atoms with Crippen molar-refractivity contribution in [2.75, 3.05) is 19.7 Å². The molecule has 1 N–H and O–H groups in total. The molecule has 1 aliphatic rings. The molecule has 0 atom stereocenters. The Labute approximate surface area is 138 Å². The van der Waals surface area contributed by atoms with Crippen molar-refractivity contribution in [2.45, 2.75) is 45.1 Å². The average Bonchev–Trinajstić information content (AvgIpc) is 2.56. The summed E-state index contributed by atoms with van der Waals surface area (Å²) in [5, 5.41) is 3.13. The number of hydrogen-bond donors (Lipinski definition) is 1. The number of ether oxygens (including phenoxy) is 1. The summed E-state index contributed by atoms with van der Waals surface area (Å²) in [4.78, 5) is 26.0. The Kier molecular flexibility index (Phi) is 5.64. The van der Waals surface area contributed by atoms with Crippen molar-refractivity contribution < 1.29 is 14.3 Å². The van der Waals surface area contributed by atoms with Gasteiger partial charge >= 0.3 is 6.09 Å². The number of carbonyl (C=O) groups excluding carboxylic acids is 2. The first kappa shape index (κ1) is 17.3. The normalized spacial score (nSPS) is 16.0. The lowest BCUT2D eigenvalue weighted by Gasteiger charge is -2.34. The van der Waals surface area contributed by atoms with Crippen molar-refractivity contribution in [3.63, 3.8) is 0 Å². The highest BCUT2D eigenvalue weighted by Crippen LogP contribution is 2.24. The molecule has 0 saturated carbocycles. The number of carbonyl (C=O) groups is 2. The maximum atomic E-state index is 12.6. The summed E-state index contributed by atoms with van der Waals surface area (Å²) in [5.74, 6) is 0.0262. The Hall–Kier alpha value is -2.04. The minimum Gasteiger partial charge on any atom is -0.450 e. The van der Waals surface area contributed by atoms with Gasteiger partial charge in [0.25, 0.3) is 0 Å².